The van der Waals surface area contributed by atoms with E-state index in [1.165, 1.54) is 25.3 Å². The molecule has 2 aromatic carbocycles. The number of aliphatic carboxylic acids is 1. The second kappa shape index (κ2) is 14.1. The molecule has 222 valence electrons. The van der Waals surface area contributed by atoms with Gasteiger partial charge in [0, 0.05) is 12.3 Å². The van der Waals surface area contributed by atoms with E-state index in [0.29, 0.717) is 5.56 Å². The Labute approximate surface area is 235 Å². The topological polar surface area (TPSA) is 144 Å². The van der Waals surface area contributed by atoms with Crippen LogP contribution in [0.4, 0.5) is 23.2 Å². The number of aromatic nitrogens is 1. The second-order valence-electron chi connectivity index (χ2n) is 8.98. The Morgan fingerprint density at radius 3 is 2.21 bits per heavy atom. The highest BCUT2D eigenvalue weighted by atomic mass is 19.2. The summed E-state index contributed by atoms with van der Waals surface area (Å²) in [5.41, 5.74) is -0.199. The van der Waals surface area contributed by atoms with E-state index in [4.69, 9.17) is 0 Å². The van der Waals surface area contributed by atoms with E-state index in [9.17, 15) is 46.6 Å². The molecule has 1 aromatic heterocycles. The number of hydrogen-bond acceptors (Lipinski definition) is 6. The molecule has 0 aliphatic heterocycles. The van der Waals surface area contributed by atoms with Crippen molar-refractivity contribution < 1.29 is 46.6 Å². The fraction of sp³-hybridized carbons (Fsp3) is 0.250. The molecule has 3 aromatic rings. The van der Waals surface area contributed by atoms with Crippen molar-refractivity contribution in [3.63, 3.8) is 0 Å². The van der Waals surface area contributed by atoms with Crippen LogP contribution in [-0.4, -0.2) is 45.9 Å². The number of nitrogens with zero attached hydrogens (tertiary/aromatic N) is 1. The van der Waals surface area contributed by atoms with Crippen LogP contribution in [0.3, 0.4) is 0 Å². The van der Waals surface area contributed by atoms with Crippen LogP contribution in [0.2, 0.25) is 0 Å². The number of ketones is 1. The third-order valence-electron chi connectivity index (χ3n) is 6.00. The van der Waals surface area contributed by atoms with Crippen molar-refractivity contribution in [2.75, 3.05) is 11.9 Å². The molecule has 2 atom stereocenters. The summed E-state index contributed by atoms with van der Waals surface area (Å²) >= 11 is 0. The van der Waals surface area contributed by atoms with Crippen LogP contribution in [0.25, 0.3) is 0 Å². The first-order chi connectivity index (χ1) is 19.9. The Morgan fingerprint density at radius 1 is 0.976 bits per heavy atom. The Bertz CT molecular complexity index is 1520. The summed E-state index contributed by atoms with van der Waals surface area (Å²) in [6, 6.07) is 8.29. The van der Waals surface area contributed by atoms with Crippen LogP contribution in [-0.2, 0) is 25.6 Å². The molecule has 0 spiro atoms. The third kappa shape index (κ3) is 7.80. The van der Waals surface area contributed by atoms with Gasteiger partial charge < -0.3 is 25.0 Å². The van der Waals surface area contributed by atoms with Crippen LogP contribution >= 0.6 is 0 Å². The minimum absolute atomic E-state index is 0.0172. The average molecular weight is 592 g/mol. The van der Waals surface area contributed by atoms with E-state index in [1.807, 2.05) is 0 Å². The van der Waals surface area contributed by atoms with Crippen molar-refractivity contribution in [2.24, 2.45) is 0 Å². The minimum Gasteiger partial charge on any atom is -0.481 e. The quantitative estimate of drug-likeness (QED) is 0.205. The van der Waals surface area contributed by atoms with Crippen LogP contribution in [0.5, 0.6) is 5.75 Å². The van der Waals surface area contributed by atoms with Crippen molar-refractivity contribution in [3.8, 4) is 5.75 Å². The fourth-order valence-corrected chi connectivity index (χ4v) is 3.94. The molecule has 42 heavy (non-hydrogen) atoms. The van der Waals surface area contributed by atoms with Crippen molar-refractivity contribution in [1.82, 2.24) is 9.88 Å². The molecule has 0 aliphatic carbocycles. The number of carbonyl (C=O) groups is 4. The molecular weight excluding hydrogens is 566 g/mol. The number of rotatable bonds is 13. The predicted octanol–water partition coefficient (Wildman–Crippen LogP) is 3.14. The lowest BCUT2D eigenvalue weighted by atomic mass is 10.1. The molecular formula is C28H25F4N3O7. The van der Waals surface area contributed by atoms with Crippen LogP contribution in [0, 0.1) is 23.3 Å². The molecule has 1 unspecified atom stereocenters. The van der Waals surface area contributed by atoms with Gasteiger partial charge in [-0.3, -0.25) is 24.0 Å². The van der Waals surface area contributed by atoms with Crippen molar-refractivity contribution in [2.45, 2.75) is 38.3 Å². The molecule has 3 N–H and O–H groups in total. The van der Waals surface area contributed by atoms with Gasteiger partial charge >= 0.3 is 5.97 Å². The Balaban J connectivity index is 1.76. The smallest absolute Gasteiger partial charge is 0.305 e. The highest BCUT2D eigenvalue weighted by Gasteiger charge is 2.30. The Hall–Kier alpha value is -5.01. The maximum absolute atomic E-state index is 13.9. The third-order valence-corrected chi connectivity index (χ3v) is 6.00. The van der Waals surface area contributed by atoms with Gasteiger partial charge in [0.15, 0.2) is 23.2 Å². The molecule has 0 bridgehead atoms. The fourth-order valence-electron chi connectivity index (χ4n) is 3.94. The Morgan fingerprint density at radius 2 is 1.62 bits per heavy atom. The second-order valence-corrected chi connectivity index (χ2v) is 8.98. The number of amides is 2. The summed E-state index contributed by atoms with van der Waals surface area (Å²) in [6.07, 6.45) is 0.224. The molecule has 10 nitrogen and oxygen atoms in total. The number of Topliss-reactive ketones (excluding diaryl/α,β-unsaturated/α-hetero) is 1. The lowest BCUT2D eigenvalue weighted by molar-refractivity contribution is -0.140. The maximum atomic E-state index is 13.9. The summed E-state index contributed by atoms with van der Waals surface area (Å²) < 4.78 is 60.2. The highest BCUT2D eigenvalue weighted by Crippen LogP contribution is 2.26. The number of nitrogens with one attached hydrogen (secondary N) is 2. The number of carbonyl (C=O) groups excluding carboxylic acids is 3. The summed E-state index contributed by atoms with van der Waals surface area (Å²) in [5.74, 6) is -13.2. The van der Waals surface area contributed by atoms with E-state index < -0.39 is 83.3 Å². The number of carboxylic acid groups (broad SMARTS) is 1. The van der Waals surface area contributed by atoms with Gasteiger partial charge in [-0.05, 0) is 24.1 Å². The normalized spacial score (nSPS) is 12.2. The number of halogens is 4. The molecule has 14 heteroatoms. The van der Waals surface area contributed by atoms with E-state index >= 15 is 0 Å². The molecule has 1 heterocycles. The van der Waals surface area contributed by atoms with Crippen molar-refractivity contribution in [1.29, 1.82) is 0 Å². The van der Waals surface area contributed by atoms with Gasteiger partial charge in [0.05, 0.1) is 12.8 Å². The summed E-state index contributed by atoms with van der Waals surface area (Å²) in [5, 5.41) is 13.9. The number of anilines is 1. The predicted molar refractivity (Wildman–Crippen MR) is 140 cm³/mol. The largest absolute Gasteiger partial charge is 0.481 e. The summed E-state index contributed by atoms with van der Waals surface area (Å²) in [7, 11) is 0. The van der Waals surface area contributed by atoms with E-state index in [0.717, 1.165) is 4.57 Å². The molecule has 2 amide bonds. The number of pyridine rings is 1. The lowest BCUT2D eigenvalue weighted by Gasteiger charge is -2.22. The highest BCUT2D eigenvalue weighted by molar-refractivity contribution is 5.94. The van der Waals surface area contributed by atoms with Crippen molar-refractivity contribution in [3.05, 3.63) is 93.9 Å². The van der Waals surface area contributed by atoms with Gasteiger partial charge in [0.2, 0.25) is 23.4 Å². The average Bonchev–Trinajstić information content (AvgIpc) is 2.94. The lowest BCUT2D eigenvalue weighted by Crippen LogP contribution is -2.48. The standard InChI is InChI=1S/C28H25F4N3O7/c1-2-20(35-10-6-9-18(28(35)41)33-22(37)11-15-7-4-3-5-8-15)27(40)34-19(13-23(38)39)21(36)14-42-26-24(31)16(29)12-17(30)25(26)32/h3-10,12,19-20H,2,11,13-14H2,1H3,(H,33,37)(H,34,40)(H,38,39)/t19?,20-/m0/s1. The molecule has 0 saturated heterocycles. The van der Waals surface area contributed by atoms with Gasteiger partial charge in [0.1, 0.15) is 24.4 Å². The zero-order valence-electron chi connectivity index (χ0n) is 22.0. The molecule has 3 rings (SSSR count). The maximum Gasteiger partial charge on any atom is 0.305 e. The number of ether oxygens (including phenoxy) is 1. The van der Waals surface area contributed by atoms with Gasteiger partial charge in [-0.2, -0.15) is 8.78 Å². The number of hydrogen-bond donors (Lipinski definition) is 3. The first-order valence-electron chi connectivity index (χ1n) is 12.5. The molecule has 0 fully saturated rings. The van der Waals surface area contributed by atoms with Crippen LogP contribution in [0.1, 0.15) is 31.4 Å². The van der Waals surface area contributed by atoms with Crippen LogP contribution < -0.4 is 20.9 Å². The van der Waals surface area contributed by atoms with Crippen LogP contribution in [0.15, 0.2) is 59.5 Å². The summed E-state index contributed by atoms with van der Waals surface area (Å²) in [4.78, 5) is 62.7. The summed E-state index contributed by atoms with van der Waals surface area (Å²) in [6.45, 7) is 0.271. The SMILES string of the molecule is CC[C@@H](C(=O)NC(CC(=O)O)C(=O)COc1c(F)c(F)cc(F)c1F)n1cccc(NC(=O)Cc2ccccc2)c1=O. The molecule has 0 saturated carbocycles. The molecule has 0 radical (unpaired) electrons. The monoisotopic (exact) mass is 591 g/mol. The number of benzene rings is 2. The minimum atomic E-state index is -1.92. The van der Waals surface area contributed by atoms with E-state index in [1.54, 1.807) is 30.3 Å². The Kier molecular flexibility index (Phi) is 10.5. The van der Waals surface area contributed by atoms with Crippen molar-refractivity contribution >= 4 is 29.3 Å². The van der Waals surface area contributed by atoms with Gasteiger partial charge in [-0.15, -0.1) is 0 Å². The van der Waals surface area contributed by atoms with Gasteiger partial charge in [-0.25, -0.2) is 8.78 Å². The first kappa shape index (κ1) is 31.5. The van der Waals surface area contributed by atoms with E-state index in [2.05, 4.69) is 15.4 Å². The first-order valence-corrected chi connectivity index (χ1v) is 12.5. The zero-order valence-corrected chi connectivity index (χ0v) is 22.0. The zero-order chi connectivity index (χ0) is 31.0. The van der Waals surface area contributed by atoms with Gasteiger partial charge in [-0.1, -0.05) is 37.3 Å². The molecule has 0 aliphatic rings. The number of carboxylic acids is 1. The van der Waals surface area contributed by atoms with Gasteiger partial charge in [0.25, 0.3) is 5.56 Å². The van der Waals surface area contributed by atoms with E-state index in [-0.39, 0.29) is 24.6 Å².